The fourth-order valence-corrected chi connectivity index (χ4v) is 1.98. The molecule has 2 heterocycles. The first-order chi connectivity index (χ1) is 5.36. The van der Waals surface area contributed by atoms with Gasteiger partial charge in [-0.05, 0) is 22.0 Å². The molecule has 2 aromatic rings. The van der Waals surface area contributed by atoms with Gasteiger partial charge >= 0.3 is 0 Å². The van der Waals surface area contributed by atoms with E-state index in [9.17, 15) is 0 Å². The third-order valence-electron chi connectivity index (χ3n) is 1.36. The van der Waals surface area contributed by atoms with Crippen LogP contribution in [0.25, 0.3) is 5.69 Å². The highest BCUT2D eigenvalue weighted by atomic mass is 79.9. The van der Waals surface area contributed by atoms with Crippen molar-refractivity contribution in [3.63, 3.8) is 0 Å². The topological polar surface area (TPSA) is 17.8 Å². The molecule has 0 aliphatic heterocycles. The Morgan fingerprint density at radius 2 is 2.45 bits per heavy atom. The van der Waals surface area contributed by atoms with Gasteiger partial charge in [0.1, 0.15) is 0 Å². The SMILES string of the molecule is Brc1cc(-n2ccnc2)cs1. The Labute approximate surface area is 76.6 Å². The lowest BCUT2D eigenvalue weighted by Gasteiger charge is -1.92. The Kier molecular flexibility index (Phi) is 1.79. The molecule has 0 spiro atoms. The van der Waals surface area contributed by atoms with Gasteiger partial charge < -0.3 is 4.57 Å². The van der Waals surface area contributed by atoms with Crippen LogP contribution >= 0.6 is 27.3 Å². The van der Waals surface area contributed by atoms with E-state index in [1.165, 1.54) is 0 Å². The smallest absolute Gasteiger partial charge is 0.0991 e. The molecule has 2 rings (SSSR count). The van der Waals surface area contributed by atoms with Gasteiger partial charge in [-0.25, -0.2) is 4.98 Å². The van der Waals surface area contributed by atoms with Gasteiger partial charge in [0.2, 0.25) is 0 Å². The van der Waals surface area contributed by atoms with Crippen LogP contribution in [0.2, 0.25) is 0 Å². The van der Waals surface area contributed by atoms with Crippen LogP contribution in [0.5, 0.6) is 0 Å². The van der Waals surface area contributed by atoms with E-state index in [1.807, 2.05) is 10.8 Å². The van der Waals surface area contributed by atoms with Crippen molar-refractivity contribution in [3.05, 3.63) is 34.0 Å². The summed E-state index contributed by atoms with van der Waals surface area (Å²) in [5.74, 6) is 0. The minimum absolute atomic E-state index is 1.14. The second-order valence-corrected chi connectivity index (χ2v) is 4.37. The summed E-state index contributed by atoms with van der Waals surface area (Å²) >= 11 is 5.07. The van der Waals surface area contributed by atoms with Crippen molar-refractivity contribution in [1.82, 2.24) is 9.55 Å². The molecule has 0 N–H and O–H groups in total. The highest BCUT2D eigenvalue weighted by Gasteiger charge is 1.97. The molecule has 0 saturated carbocycles. The summed E-state index contributed by atoms with van der Waals surface area (Å²) < 4.78 is 3.11. The van der Waals surface area contributed by atoms with Crippen LogP contribution in [0, 0.1) is 0 Å². The Morgan fingerprint density at radius 1 is 1.55 bits per heavy atom. The number of hydrogen-bond donors (Lipinski definition) is 0. The average molecular weight is 229 g/mol. The van der Waals surface area contributed by atoms with Crippen molar-refractivity contribution >= 4 is 27.3 Å². The van der Waals surface area contributed by atoms with Crippen LogP contribution in [0.1, 0.15) is 0 Å². The van der Waals surface area contributed by atoms with Gasteiger partial charge in [-0.3, -0.25) is 0 Å². The zero-order chi connectivity index (χ0) is 7.68. The van der Waals surface area contributed by atoms with Gasteiger partial charge in [0.05, 0.1) is 15.8 Å². The number of rotatable bonds is 1. The third-order valence-corrected chi connectivity index (χ3v) is 2.85. The van der Waals surface area contributed by atoms with E-state index in [2.05, 4.69) is 32.4 Å². The minimum Gasteiger partial charge on any atom is -0.305 e. The molecule has 0 bridgehead atoms. The molecule has 0 radical (unpaired) electrons. The minimum atomic E-state index is 1.14. The van der Waals surface area contributed by atoms with Crippen LogP contribution in [0.4, 0.5) is 0 Å². The fourth-order valence-electron chi connectivity index (χ4n) is 0.848. The lowest BCUT2D eigenvalue weighted by atomic mass is 10.5. The van der Waals surface area contributed by atoms with Crippen LogP contribution < -0.4 is 0 Å². The van der Waals surface area contributed by atoms with Crippen molar-refractivity contribution < 1.29 is 0 Å². The second kappa shape index (κ2) is 2.79. The van der Waals surface area contributed by atoms with Crippen molar-refractivity contribution in [2.24, 2.45) is 0 Å². The zero-order valence-electron chi connectivity index (χ0n) is 5.57. The maximum absolute atomic E-state index is 3.96. The highest BCUT2D eigenvalue weighted by Crippen LogP contribution is 2.22. The quantitative estimate of drug-likeness (QED) is 0.735. The second-order valence-electron chi connectivity index (χ2n) is 2.08. The molecule has 0 atom stereocenters. The molecule has 0 fully saturated rings. The molecule has 0 amide bonds. The van der Waals surface area contributed by atoms with Gasteiger partial charge in [-0.2, -0.15) is 0 Å². The molecule has 0 saturated heterocycles. The summed E-state index contributed by atoms with van der Waals surface area (Å²) in [5, 5.41) is 2.08. The Hall–Kier alpha value is -0.610. The lowest BCUT2D eigenvalue weighted by Crippen LogP contribution is -1.84. The first-order valence-corrected chi connectivity index (χ1v) is 4.76. The normalized spacial score (nSPS) is 10.3. The predicted molar refractivity (Wildman–Crippen MR) is 49.1 cm³/mol. The largest absolute Gasteiger partial charge is 0.305 e. The summed E-state index contributed by atoms with van der Waals surface area (Å²) in [5.41, 5.74) is 1.15. The first-order valence-electron chi connectivity index (χ1n) is 3.08. The third kappa shape index (κ3) is 1.36. The summed E-state index contributed by atoms with van der Waals surface area (Å²) in [4.78, 5) is 3.96. The molecule has 0 aromatic carbocycles. The average Bonchev–Trinajstić information content (AvgIpc) is 2.55. The van der Waals surface area contributed by atoms with Crippen molar-refractivity contribution in [3.8, 4) is 5.69 Å². The lowest BCUT2D eigenvalue weighted by molar-refractivity contribution is 1.06. The predicted octanol–water partition coefficient (Wildman–Crippen LogP) is 2.70. The molecule has 0 aliphatic rings. The van der Waals surface area contributed by atoms with Gasteiger partial charge in [0.15, 0.2) is 0 Å². The van der Waals surface area contributed by atoms with Crippen molar-refractivity contribution in [2.75, 3.05) is 0 Å². The van der Waals surface area contributed by atoms with Crippen LogP contribution in [0.15, 0.2) is 34.0 Å². The first kappa shape index (κ1) is 7.06. The Bertz CT molecular complexity index is 339. The van der Waals surface area contributed by atoms with Gasteiger partial charge in [-0.15, -0.1) is 11.3 Å². The summed E-state index contributed by atoms with van der Waals surface area (Å²) in [6, 6.07) is 2.06. The van der Waals surface area contributed by atoms with E-state index in [0.29, 0.717) is 0 Å². The molecule has 11 heavy (non-hydrogen) atoms. The van der Waals surface area contributed by atoms with Crippen LogP contribution in [-0.4, -0.2) is 9.55 Å². The van der Waals surface area contributed by atoms with Gasteiger partial charge in [0, 0.05) is 17.8 Å². The fraction of sp³-hybridized carbons (Fsp3) is 0. The monoisotopic (exact) mass is 228 g/mol. The number of imidazole rings is 1. The standard InChI is InChI=1S/C7H5BrN2S/c8-7-3-6(4-11-7)10-2-1-9-5-10/h1-5H. The summed E-state index contributed by atoms with van der Waals surface area (Å²) in [6.07, 6.45) is 5.48. The summed E-state index contributed by atoms with van der Waals surface area (Å²) in [7, 11) is 0. The maximum atomic E-state index is 3.96. The van der Waals surface area contributed by atoms with E-state index < -0.39 is 0 Å². The molecule has 2 aromatic heterocycles. The number of halogens is 1. The molecular weight excluding hydrogens is 224 g/mol. The van der Waals surface area contributed by atoms with Gasteiger partial charge in [0.25, 0.3) is 0 Å². The van der Waals surface area contributed by atoms with E-state index in [4.69, 9.17) is 0 Å². The number of nitrogens with zero attached hydrogens (tertiary/aromatic N) is 2. The molecular formula is C7H5BrN2S. The number of aromatic nitrogens is 2. The molecule has 2 nitrogen and oxygen atoms in total. The molecule has 56 valence electrons. The number of thiophene rings is 1. The Morgan fingerprint density at radius 3 is 3.00 bits per heavy atom. The van der Waals surface area contributed by atoms with Gasteiger partial charge in [-0.1, -0.05) is 0 Å². The molecule has 0 aliphatic carbocycles. The van der Waals surface area contributed by atoms with Crippen LogP contribution in [-0.2, 0) is 0 Å². The maximum Gasteiger partial charge on any atom is 0.0991 e. The molecule has 0 unspecified atom stereocenters. The van der Waals surface area contributed by atoms with E-state index >= 15 is 0 Å². The summed E-state index contributed by atoms with van der Waals surface area (Å²) in [6.45, 7) is 0. The zero-order valence-corrected chi connectivity index (χ0v) is 7.97. The Balaban J connectivity index is 2.45. The van der Waals surface area contributed by atoms with Crippen molar-refractivity contribution in [1.29, 1.82) is 0 Å². The number of hydrogen-bond acceptors (Lipinski definition) is 2. The van der Waals surface area contributed by atoms with Crippen LogP contribution in [0.3, 0.4) is 0 Å². The highest BCUT2D eigenvalue weighted by molar-refractivity contribution is 9.11. The van der Waals surface area contributed by atoms with E-state index in [0.717, 1.165) is 9.47 Å². The van der Waals surface area contributed by atoms with E-state index in [-0.39, 0.29) is 0 Å². The molecule has 4 heteroatoms. The van der Waals surface area contributed by atoms with E-state index in [1.54, 1.807) is 23.9 Å². The van der Waals surface area contributed by atoms with Crippen molar-refractivity contribution in [2.45, 2.75) is 0 Å².